The third-order valence-electron chi connectivity index (χ3n) is 7.77. The molecule has 3 aromatic carbocycles. The lowest BCUT2D eigenvalue weighted by molar-refractivity contribution is 0.393. The van der Waals surface area contributed by atoms with Crippen LogP contribution in [-0.2, 0) is 0 Å². The third-order valence-corrected chi connectivity index (χ3v) is 7.77. The molecule has 8 heteroatoms. The van der Waals surface area contributed by atoms with E-state index in [1.54, 1.807) is 7.11 Å². The molecule has 196 valence electrons. The Morgan fingerprint density at radius 1 is 0.923 bits per heavy atom. The van der Waals surface area contributed by atoms with Crippen LogP contribution in [0.2, 0.25) is 0 Å². The smallest absolute Gasteiger partial charge is 0.142 e. The summed E-state index contributed by atoms with van der Waals surface area (Å²) in [6.45, 7) is 9.74. The molecule has 6 aromatic rings. The minimum Gasteiger partial charge on any atom is -0.496 e. The van der Waals surface area contributed by atoms with Crippen molar-refractivity contribution in [3.8, 4) is 28.1 Å². The standard InChI is InChI=1S/C31H30N6O2/c1-17-28(18(2)39-36-17)25-15-26-24(16-27(25)38-4)29-30(33-19(3)34-31(29)35-26)23-14-21(37-11-9-32-10-12-37)13-20-7-5-6-8-22(20)23/h5-8,13-16,32H,9-12H2,1-4H3,(H,33,34,35). The van der Waals surface area contributed by atoms with Crippen LogP contribution >= 0.6 is 0 Å². The van der Waals surface area contributed by atoms with E-state index in [-0.39, 0.29) is 0 Å². The normalized spacial score (nSPS) is 14.1. The first-order chi connectivity index (χ1) is 19.0. The molecule has 1 fully saturated rings. The van der Waals surface area contributed by atoms with E-state index < -0.39 is 0 Å². The number of hydrogen-bond acceptors (Lipinski definition) is 7. The van der Waals surface area contributed by atoms with Gasteiger partial charge < -0.3 is 24.5 Å². The minimum atomic E-state index is 0.721. The Balaban J connectivity index is 1.52. The van der Waals surface area contributed by atoms with Gasteiger partial charge in [-0.05, 0) is 55.8 Å². The molecule has 0 unspecified atom stereocenters. The molecule has 1 aliphatic rings. The van der Waals surface area contributed by atoms with Gasteiger partial charge in [0.2, 0.25) is 0 Å². The molecule has 7 rings (SSSR count). The molecular weight excluding hydrogens is 488 g/mol. The highest BCUT2D eigenvalue weighted by molar-refractivity contribution is 6.16. The van der Waals surface area contributed by atoms with Gasteiger partial charge in [0.25, 0.3) is 0 Å². The number of ether oxygens (including phenoxy) is 1. The van der Waals surface area contributed by atoms with Crippen molar-refractivity contribution in [2.24, 2.45) is 0 Å². The van der Waals surface area contributed by atoms with Crippen LogP contribution in [0.5, 0.6) is 5.75 Å². The van der Waals surface area contributed by atoms with Gasteiger partial charge in [-0.15, -0.1) is 0 Å². The van der Waals surface area contributed by atoms with Gasteiger partial charge in [0.05, 0.1) is 29.4 Å². The first-order valence-corrected chi connectivity index (χ1v) is 13.3. The van der Waals surface area contributed by atoms with E-state index >= 15 is 0 Å². The number of benzene rings is 3. The maximum absolute atomic E-state index is 5.91. The van der Waals surface area contributed by atoms with E-state index in [0.29, 0.717) is 0 Å². The topological polar surface area (TPSA) is 92.1 Å². The number of aromatic amines is 1. The Labute approximate surface area is 226 Å². The van der Waals surface area contributed by atoms with Gasteiger partial charge in [-0.1, -0.05) is 29.4 Å². The van der Waals surface area contributed by atoms with Gasteiger partial charge in [0, 0.05) is 53.9 Å². The molecule has 0 radical (unpaired) electrons. The number of rotatable bonds is 4. The predicted octanol–water partition coefficient (Wildman–Crippen LogP) is 5.93. The molecule has 0 bridgehead atoms. The lowest BCUT2D eigenvalue weighted by Gasteiger charge is -2.30. The summed E-state index contributed by atoms with van der Waals surface area (Å²) >= 11 is 0. The molecule has 1 aliphatic heterocycles. The van der Waals surface area contributed by atoms with Crippen LogP contribution in [0.3, 0.4) is 0 Å². The number of fused-ring (bicyclic) bond motifs is 4. The second-order valence-electron chi connectivity index (χ2n) is 10.2. The summed E-state index contributed by atoms with van der Waals surface area (Å²) in [6.07, 6.45) is 0. The van der Waals surface area contributed by atoms with Crippen LogP contribution in [-0.4, -0.2) is 53.4 Å². The predicted molar refractivity (Wildman–Crippen MR) is 156 cm³/mol. The molecule has 39 heavy (non-hydrogen) atoms. The van der Waals surface area contributed by atoms with E-state index in [1.165, 1.54) is 16.5 Å². The number of H-pyrrole nitrogens is 1. The van der Waals surface area contributed by atoms with Crippen molar-refractivity contribution in [3.63, 3.8) is 0 Å². The van der Waals surface area contributed by atoms with Crippen molar-refractivity contribution in [1.82, 2.24) is 25.4 Å². The van der Waals surface area contributed by atoms with Gasteiger partial charge in [-0.3, -0.25) is 0 Å². The summed E-state index contributed by atoms with van der Waals surface area (Å²) in [7, 11) is 1.70. The lowest BCUT2D eigenvalue weighted by Crippen LogP contribution is -2.43. The summed E-state index contributed by atoms with van der Waals surface area (Å²) in [5, 5.41) is 12.0. The Morgan fingerprint density at radius 3 is 2.51 bits per heavy atom. The van der Waals surface area contributed by atoms with Crippen LogP contribution in [0.15, 0.2) is 53.1 Å². The summed E-state index contributed by atoms with van der Waals surface area (Å²) < 4.78 is 11.4. The zero-order chi connectivity index (χ0) is 26.7. The first-order valence-electron chi connectivity index (χ1n) is 13.3. The number of nitrogens with one attached hydrogen (secondary N) is 2. The molecule has 3 aromatic heterocycles. The molecular formula is C31H30N6O2. The molecule has 1 saturated heterocycles. The number of hydrogen-bond donors (Lipinski definition) is 2. The Kier molecular flexibility index (Phi) is 5.52. The Hall–Kier alpha value is -4.43. The van der Waals surface area contributed by atoms with E-state index in [2.05, 4.69) is 68.9 Å². The molecule has 0 atom stereocenters. The van der Waals surface area contributed by atoms with Gasteiger partial charge in [-0.2, -0.15) is 0 Å². The summed E-state index contributed by atoms with van der Waals surface area (Å²) in [6, 6.07) is 17.3. The van der Waals surface area contributed by atoms with Crippen LogP contribution in [0, 0.1) is 20.8 Å². The number of nitrogens with zero attached hydrogens (tertiary/aromatic N) is 4. The van der Waals surface area contributed by atoms with E-state index in [0.717, 1.165) is 93.5 Å². The Bertz CT molecular complexity index is 1860. The van der Waals surface area contributed by atoms with Gasteiger partial charge in [0.15, 0.2) is 0 Å². The summed E-state index contributed by atoms with van der Waals surface area (Å²) in [5.74, 6) is 2.23. The van der Waals surface area contributed by atoms with E-state index in [9.17, 15) is 0 Å². The fourth-order valence-corrected chi connectivity index (χ4v) is 5.96. The SMILES string of the molecule is COc1cc2c(cc1-c1c(C)noc1C)[nH]c1nc(C)nc(-c3cc(N4CCNCC4)cc4ccccc34)c12. The maximum atomic E-state index is 5.91. The fourth-order valence-electron chi connectivity index (χ4n) is 5.96. The highest BCUT2D eigenvalue weighted by Gasteiger charge is 2.22. The number of aryl methyl sites for hydroxylation is 3. The van der Waals surface area contributed by atoms with Gasteiger partial charge in [0.1, 0.15) is 23.0 Å². The van der Waals surface area contributed by atoms with Crippen molar-refractivity contribution in [2.75, 3.05) is 38.2 Å². The van der Waals surface area contributed by atoms with Crippen molar-refractivity contribution >= 4 is 38.4 Å². The highest BCUT2D eigenvalue weighted by atomic mass is 16.5. The Morgan fingerprint density at radius 2 is 1.74 bits per heavy atom. The zero-order valence-electron chi connectivity index (χ0n) is 22.6. The monoisotopic (exact) mass is 518 g/mol. The minimum absolute atomic E-state index is 0.721. The molecule has 0 amide bonds. The van der Waals surface area contributed by atoms with Gasteiger partial charge >= 0.3 is 0 Å². The van der Waals surface area contributed by atoms with Crippen molar-refractivity contribution in [1.29, 1.82) is 0 Å². The average molecular weight is 519 g/mol. The van der Waals surface area contributed by atoms with Crippen LogP contribution in [0.1, 0.15) is 17.3 Å². The van der Waals surface area contributed by atoms with E-state index in [1.807, 2.05) is 20.8 Å². The molecule has 0 aliphatic carbocycles. The largest absolute Gasteiger partial charge is 0.496 e. The quantitative estimate of drug-likeness (QED) is 0.299. The number of anilines is 1. The van der Waals surface area contributed by atoms with Crippen LogP contribution in [0.4, 0.5) is 5.69 Å². The third kappa shape index (κ3) is 3.82. The second-order valence-corrected chi connectivity index (χ2v) is 10.2. The van der Waals surface area contributed by atoms with Crippen LogP contribution < -0.4 is 15.0 Å². The molecule has 8 nitrogen and oxygen atoms in total. The maximum Gasteiger partial charge on any atom is 0.142 e. The second kappa shape index (κ2) is 9.10. The molecule has 0 saturated carbocycles. The van der Waals surface area contributed by atoms with Gasteiger partial charge in [-0.25, -0.2) is 9.97 Å². The van der Waals surface area contributed by atoms with Crippen molar-refractivity contribution in [3.05, 3.63) is 65.8 Å². The van der Waals surface area contributed by atoms with Crippen molar-refractivity contribution < 1.29 is 9.26 Å². The van der Waals surface area contributed by atoms with Crippen LogP contribution in [0.25, 0.3) is 55.1 Å². The molecule has 2 N–H and O–H groups in total. The molecule has 0 spiro atoms. The summed E-state index contributed by atoms with van der Waals surface area (Å²) in [5.41, 5.74) is 7.72. The highest BCUT2D eigenvalue weighted by Crippen LogP contribution is 2.43. The van der Waals surface area contributed by atoms with E-state index in [4.69, 9.17) is 19.2 Å². The zero-order valence-corrected chi connectivity index (χ0v) is 22.6. The molecule has 4 heterocycles. The average Bonchev–Trinajstić information content (AvgIpc) is 3.49. The van der Waals surface area contributed by atoms with Crippen molar-refractivity contribution in [2.45, 2.75) is 20.8 Å². The first kappa shape index (κ1) is 23.7. The fraction of sp³-hybridized carbons (Fsp3) is 0.258. The lowest BCUT2D eigenvalue weighted by atomic mass is 9.96. The number of methoxy groups -OCH3 is 1. The summed E-state index contributed by atoms with van der Waals surface area (Å²) in [4.78, 5) is 15.9. The number of piperazine rings is 1. The number of aromatic nitrogens is 4.